The van der Waals surface area contributed by atoms with Crippen molar-refractivity contribution in [2.45, 2.75) is 13.5 Å². The quantitative estimate of drug-likeness (QED) is 0.487. The van der Waals surface area contributed by atoms with Crippen molar-refractivity contribution in [3.63, 3.8) is 0 Å². The number of hydrogen-bond acceptors (Lipinski definition) is 2. The van der Waals surface area contributed by atoms with E-state index in [9.17, 15) is 4.39 Å². The fraction of sp³-hybridized carbons (Fsp3) is 0.167. The molecular formula is C18H20FN3O. The lowest BCUT2D eigenvalue weighted by Gasteiger charge is -2.07. The van der Waals surface area contributed by atoms with Crippen LogP contribution in [-0.4, -0.2) is 12.5 Å². The molecule has 2 aromatic rings. The van der Waals surface area contributed by atoms with Crippen LogP contribution in [0.1, 0.15) is 12.5 Å². The van der Waals surface area contributed by atoms with Crippen molar-refractivity contribution in [2.75, 3.05) is 6.54 Å². The summed E-state index contributed by atoms with van der Waals surface area (Å²) in [7, 11) is 0. The van der Waals surface area contributed by atoms with Gasteiger partial charge < -0.3 is 15.8 Å². The summed E-state index contributed by atoms with van der Waals surface area (Å²) in [5.74, 6) is 1.37. The fourth-order valence-electron chi connectivity index (χ4n) is 1.78. The van der Waals surface area contributed by atoms with Crippen molar-refractivity contribution in [2.24, 2.45) is 10.7 Å². The van der Waals surface area contributed by atoms with E-state index in [1.54, 1.807) is 12.1 Å². The normalized spacial score (nSPS) is 11.1. The molecular weight excluding hydrogens is 293 g/mol. The molecule has 2 aromatic carbocycles. The number of halogens is 1. The molecule has 0 aliphatic rings. The van der Waals surface area contributed by atoms with Crippen molar-refractivity contribution in [3.05, 3.63) is 72.1 Å². The van der Waals surface area contributed by atoms with E-state index in [4.69, 9.17) is 10.5 Å². The number of ether oxygens (including phenoxy) is 1. The van der Waals surface area contributed by atoms with Gasteiger partial charge in [0.15, 0.2) is 5.96 Å². The van der Waals surface area contributed by atoms with Crippen LogP contribution < -0.4 is 15.8 Å². The Bertz CT molecular complexity index is 678. The van der Waals surface area contributed by atoms with Crippen molar-refractivity contribution >= 4 is 5.96 Å². The van der Waals surface area contributed by atoms with Crippen LogP contribution in [0.25, 0.3) is 0 Å². The predicted octanol–water partition coefficient (Wildman–Crippen LogP) is 3.60. The molecule has 23 heavy (non-hydrogen) atoms. The third-order valence-corrected chi connectivity index (χ3v) is 2.98. The van der Waals surface area contributed by atoms with Gasteiger partial charge in [-0.2, -0.15) is 0 Å². The summed E-state index contributed by atoms with van der Waals surface area (Å²) in [6.07, 6.45) is 0. The van der Waals surface area contributed by atoms with Gasteiger partial charge in [-0.1, -0.05) is 24.3 Å². The maximum atomic E-state index is 12.8. The zero-order chi connectivity index (χ0) is 16.7. The average molecular weight is 313 g/mol. The predicted molar refractivity (Wildman–Crippen MR) is 91.1 cm³/mol. The highest BCUT2D eigenvalue weighted by Gasteiger charge is 1.99. The zero-order valence-electron chi connectivity index (χ0n) is 13.1. The molecule has 0 aromatic heterocycles. The Balaban J connectivity index is 1.90. The minimum atomic E-state index is -0.289. The standard InChI is InChI=1S/C18H20FN3O/c1-13(2)11-21-18(20)22-12-14-3-7-16(8-4-14)23-17-9-5-15(19)6-10-17/h3-10H,1,11-12H2,2H3,(H3,20,21,22). The summed E-state index contributed by atoms with van der Waals surface area (Å²) in [5, 5.41) is 2.97. The number of nitrogens with one attached hydrogen (secondary N) is 1. The van der Waals surface area contributed by atoms with Crippen molar-refractivity contribution in [1.82, 2.24) is 5.32 Å². The number of guanidine groups is 1. The Morgan fingerprint density at radius 1 is 1.13 bits per heavy atom. The largest absolute Gasteiger partial charge is 0.457 e. The average Bonchev–Trinajstić information content (AvgIpc) is 2.54. The first-order valence-corrected chi connectivity index (χ1v) is 7.23. The van der Waals surface area contributed by atoms with Gasteiger partial charge in [0.05, 0.1) is 6.54 Å². The van der Waals surface area contributed by atoms with E-state index in [2.05, 4.69) is 16.9 Å². The lowest BCUT2D eigenvalue weighted by molar-refractivity contribution is 0.480. The van der Waals surface area contributed by atoms with Crippen LogP contribution in [0.5, 0.6) is 11.5 Å². The first-order chi connectivity index (χ1) is 11.0. The Kier molecular flexibility index (Phi) is 5.74. The Hall–Kier alpha value is -2.82. The fourth-order valence-corrected chi connectivity index (χ4v) is 1.78. The van der Waals surface area contributed by atoms with Gasteiger partial charge in [0.25, 0.3) is 0 Å². The zero-order valence-corrected chi connectivity index (χ0v) is 13.1. The van der Waals surface area contributed by atoms with E-state index in [-0.39, 0.29) is 5.82 Å². The molecule has 0 saturated carbocycles. The summed E-state index contributed by atoms with van der Waals surface area (Å²) in [5.41, 5.74) is 7.76. The van der Waals surface area contributed by atoms with E-state index in [1.807, 2.05) is 31.2 Å². The number of hydrogen-bond donors (Lipinski definition) is 2. The van der Waals surface area contributed by atoms with Gasteiger partial charge in [0.2, 0.25) is 0 Å². The highest BCUT2D eigenvalue weighted by molar-refractivity contribution is 5.78. The topological polar surface area (TPSA) is 59.6 Å². The second-order valence-electron chi connectivity index (χ2n) is 5.21. The molecule has 0 radical (unpaired) electrons. The SMILES string of the molecule is C=C(C)CNC(N)=NCc1ccc(Oc2ccc(F)cc2)cc1. The van der Waals surface area contributed by atoms with Crippen LogP contribution in [0, 0.1) is 5.82 Å². The highest BCUT2D eigenvalue weighted by atomic mass is 19.1. The van der Waals surface area contributed by atoms with Crippen molar-refractivity contribution < 1.29 is 9.13 Å². The summed E-state index contributed by atoms with van der Waals surface area (Å²) in [6.45, 7) is 6.79. The second-order valence-corrected chi connectivity index (χ2v) is 5.21. The number of benzene rings is 2. The summed E-state index contributed by atoms with van der Waals surface area (Å²) < 4.78 is 18.5. The van der Waals surface area contributed by atoms with Gasteiger partial charge in [-0.15, -0.1) is 0 Å². The highest BCUT2D eigenvalue weighted by Crippen LogP contribution is 2.21. The lowest BCUT2D eigenvalue weighted by Crippen LogP contribution is -2.32. The van der Waals surface area contributed by atoms with Gasteiger partial charge in [-0.3, -0.25) is 0 Å². The Morgan fingerprint density at radius 2 is 1.70 bits per heavy atom. The van der Waals surface area contributed by atoms with Crippen LogP contribution >= 0.6 is 0 Å². The van der Waals surface area contributed by atoms with E-state index >= 15 is 0 Å². The molecule has 0 atom stereocenters. The van der Waals surface area contributed by atoms with Gasteiger partial charge in [0, 0.05) is 6.54 Å². The molecule has 0 saturated heterocycles. The smallest absolute Gasteiger partial charge is 0.189 e. The van der Waals surface area contributed by atoms with Crippen molar-refractivity contribution in [3.8, 4) is 11.5 Å². The molecule has 2 rings (SSSR count). The maximum Gasteiger partial charge on any atom is 0.189 e. The molecule has 0 amide bonds. The molecule has 0 heterocycles. The number of nitrogens with zero attached hydrogens (tertiary/aromatic N) is 1. The van der Waals surface area contributed by atoms with Gasteiger partial charge in [-0.25, -0.2) is 9.38 Å². The van der Waals surface area contributed by atoms with E-state index in [1.165, 1.54) is 12.1 Å². The molecule has 0 fully saturated rings. The molecule has 0 aliphatic carbocycles. The van der Waals surface area contributed by atoms with Gasteiger partial charge in [-0.05, 0) is 48.9 Å². The van der Waals surface area contributed by atoms with Crippen LogP contribution in [0.2, 0.25) is 0 Å². The molecule has 0 aliphatic heterocycles. The van der Waals surface area contributed by atoms with E-state index in [0.29, 0.717) is 30.5 Å². The van der Waals surface area contributed by atoms with Crippen LogP contribution in [0.3, 0.4) is 0 Å². The van der Waals surface area contributed by atoms with Gasteiger partial charge in [0.1, 0.15) is 17.3 Å². The van der Waals surface area contributed by atoms with Crippen LogP contribution in [0.4, 0.5) is 4.39 Å². The number of nitrogens with two attached hydrogens (primary N) is 1. The third kappa shape index (κ3) is 5.82. The molecule has 120 valence electrons. The van der Waals surface area contributed by atoms with E-state index < -0.39 is 0 Å². The summed E-state index contributed by atoms with van der Waals surface area (Å²) in [6, 6.07) is 13.4. The number of rotatable bonds is 6. The molecule has 0 spiro atoms. The minimum Gasteiger partial charge on any atom is -0.457 e. The Morgan fingerprint density at radius 3 is 2.26 bits per heavy atom. The van der Waals surface area contributed by atoms with Crippen molar-refractivity contribution in [1.29, 1.82) is 0 Å². The van der Waals surface area contributed by atoms with Crippen LogP contribution in [0.15, 0.2) is 65.7 Å². The van der Waals surface area contributed by atoms with Gasteiger partial charge >= 0.3 is 0 Å². The molecule has 4 nitrogen and oxygen atoms in total. The third-order valence-electron chi connectivity index (χ3n) is 2.98. The molecule has 0 unspecified atom stereocenters. The summed E-state index contributed by atoms with van der Waals surface area (Å²) in [4.78, 5) is 4.25. The first kappa shape index (κ1) is 16.5. The lowest BCUT2D eigenvalue weighted by atomic mass is 10.2. The maximum absolute atomic E-state index is 12.8. The minimum absolute atomic E-state index is 0.289. The van der Waals surface area contributed by atoms with E-state index in [0.717, 1.165) is 11.1 Å². The first-order valence-electron chi connectivity index (χ1n) is 7.23. The molecule has 0 bridgehead atoms. The monoisotopic (exact) mass is 313 g/mol. The number of aliphatic imine (C=N–C) groups is 1. The van der Waals surface area contributed by atoms with Crippen LogP contribution in [-0.2, 0) is 6.54 Å². The molecule has 5 heteroatoms. The molecule has 3 N–H and O–H groups in total. The second kappa shape index (κ2) is 7.98. The summed E-state index contributed by atoms with van der Waals surface area (Å²) >= 11 is 0. The Labute approximate surface area is 135 Å².